The molecule has 0 bridgehead atoms. The van der Waals surface area contributed by atoms with Crippen molar-refractivity contribution in [3.8, 4) is 17.5 Å². The lowest BCUT2D eigenvalue weighted by atomic mass is 10.0. The molecule has 0 radical (unpaired) electrons. The first-order valence-corrected chi connectivity index (χ1v) is 10.6. The summed E-state index contributed by atoms with van der Waals surface area (Å²) in [6.07, 6.45) is 0. The Hall–Kier alpha value is -2.95. The van der Waals surface area contributed by atoms with Crippen LogP contribution in [0.15, 0.2) is 45.6 Å². The van der Waals surface area contributed by atoms with Gasteiger partial charge in [0, 0.05) is 18.2 Å². The molecule has 1 aromatic heterocycles. The predicted molar refractivity (Wildman–Crippen MR) is 122 cm³/mol. The lowest BCUT2D eigenvalue weighted by Crippen LogP contribution is -2.27. The highest BCUT2D eigenvalue weighted by molar-refractivity contribution is 7.91. The molecule has 2 aromatic carbocycles. The van der Waals surface area contributed by atoms with Crippen LogP contribution < -0.4 is 5.56 Å². The van der Waals surface area contributed by atoms with Crippen LogP contribution >= 0.6 is 0 Å². The summed E-state index contributed by atoms with van der Waals surface area (Å²) < 4.78 is 17.9. The zero-order valence-corrected chi connectivity index (χ0v) is 18.8. The van der Waals surface area contributed by atoms with E-state index in [1.165, 1.54) is 4.57 Å². The fourth-order valence-corrected chi connectivity index (χ4v) is 3.74. The first-order chi connectivity index (χ1) is 14.0. The van der Waals surface area contributed by atoms with Crippen molar-refractivity contribution >= 4 is 28.0 Å². The van der Waals surface area contributed by atoms with E-state index in [4.69, 9.17) is 4.98 Å². The van der Waals surface area contributed by atoms with Crippen LogP contribution in [0.25, 0.3) is 22.3 Å². The summed E-state index contributed by atoms with van der Waals surface area (Å²) in [7, 11) is 1.65. The van der Waals surface area contributed by atoms with E-state index in [9.17, 15) is 14.6 Å². The van der Waals surface area contributed by atoms with E-state index in [1.54, 1.807) is 38.2 Å². The molecule has 154 valence electrons. The molecule has 3 rings (SSSR count). The van der Waals surface area contributed by atoms with Gasteiger partial charge in [-0.25, -0.2) is 4.98 Å². The summed E-state index contributed by atoms with van der Waals surface area (Å²) in [4.78, 5) is 17.9. The van der Waals surface area contributed by atoms with Gasteiger partial charge in [0.05, 0.1) is 28.2 Å². The van der Waals surface area contributed by atoms with Crippen LogP contribution in [0, 0.1) is 18.3 Å². The zero-order valence-electron chi connectivity index (χ0n) is 18.0. The van der Waals surface area contributed by atoms with Gasteiger partial charge in [0.25, 0.3) is 5.56 Å². The van der Waals surface area contributed by atoms with Gasteiger partial charge in [0.15, 0.2) is 0 Å². The number of aromatic nitrogens is 2. The van der Waals surface area contributed by atoms with Gasteiger partial charge < -0.3 is 4.55 Å². The largest absolute Gasteiger partial charge is 0.591 e. The van der Waals surface area contributed by atoms with Crippen LogP contribution in [0.2, 0.25) is 0 Å². The Bertz CT molecular complexity index is 1260. The number of aryl methyl sites for hydroxylation is 1. The molecule has 0 aliphatic rings. The molecule has 3 aromatic rings. The molecule has 6 nitrogen and oxygen atoms in total. The quantitative estimate of drug-likeness (QED) is 0.472. The van der Waals surface area contributed by atoms with Crippen molar-refractivity contribution in [2.24, 2.45) is 11.4 Å². The predicted octanol–water partition coefficient (Wildman–Crippen LogP) is 4.05. The highest BCUT2D eigenvalue weighted by atomic mass is 32.2. The Labute approximate surface area is 179 Å². The van der Waals surface area contributed by atoms with Gasteiger partial charge in [-0.1, -0.05) is 16.5 Å². The standard InChI is InChI=1S/C23H24N4O2S/c1-14-11-18(15(2)26-30(29)23(3,4)5)20-19(12-14)22(28)27(6)21(25-20)17-10-8-7-9-16(17)13-24/h7-12H,1-6H3. The van der Waals surface area contributed by atoms with E-state index >= 15 is 0 Å². The molecular formula is C23H24N4O2S. The lowest BCUT2D eigenvalue weighted by Gasteiger charge is -2.19. The molecule has 0 aliphatic heterocycles. The van der Waals surface area contributed by atoms with E-state index in [-0.39, 0.29) is 5.56 Å². The number of hydrogen-bond donors (Lipinski definition) is 0. The molecule has 7 heteroatoms. The summed E-state index contributed by atoms with van der Waals surface area (Å²) in [5.74, 6) is 0.402. The molecule has 30 heavy (non-hydrogen) atoms. The third kappa shape index (κ3) is 4.02. The fourth-order valence-electron chi connectivity index (χ4n) is 3.12. The monoisotopic (exact) mass is 420 g/mol. The van der Waals surface area contributed by atoms with E-state index in [0.717, 1.165) is 5.56 Å². The van der Waals surface area contributed by atoms with Crippen molar-refractivity contribution < 1.29 is 4.55 Å². The molecule has 0 aliphatic carbocycles. The lowest BCUT2D eigenvalue weighted by molar-refractivity contribution is 0.561. The first-order valence-electron chi connectivity index (χ1n) is 9.53. The van der Waals surface area contributed by atoms with Crippen LogP contribution in [-0.2, 0) is 18.4 Å². The number of hydrogen-bond acceptors (Lipinski definition) is 5. The molecule has 1 heterocycles. The van der Waals surface area contributed by atoms with Gasteiger partial charge in [0.2, 0.25) is 0 Å². The molecule has 0 saturated heterocycles. The van der Waals surface area contributed by atoms with Crippen molar-refractivity contribution in [2.75, 3.05) is 0 Å². The maximum absolute atomic E-state index is 13.2. The van der Waals surface area contributed by atoms with Crippen LogP contribution in [0.3, 0.4) is 0 Å². The topological polar surface area (TPSA) is 94.1 Å². The highest BCUT2D eigenvalue weighted by Gasteiger charge is 2.27. The van der Waals surface area contributed by atoms with Crippen LogP contribution in [0.1, 0.15) is 44.4 Å². The minimum Gasteiger partial charge on any atom is -0.591 e. The Morgan fingerprint density at radius 3 is 2.57 bits per heavy atom. The van der Waals surface area contributed by atoms with Gasteiger partial charge in [-0.15, -0.1) is 0 Å². The van der Waals surface area contributed by atoms with Gasteiger partial charge in [0.1, 0.15) is 21.9 Å². The summed E-state index contributed by atoms with van der Waals surface area (Å²) in [6, 6.07) is 12.9. The normalized spacial score (nSPS) is 13.3. The highest BCUT2D eigenvalue weighted by Crippen LogP contribution is 2.26. The second kappa shape index (κ2) is 8.05. The fraction of sp³-hybridized carbons (Fsp3) is 0.304. The first kappa shape index (κ1) is 21.8. The van der Waals surface area contributed by atoms with Crippen molar-refractivity contribution in [3.05, 3.63) is 63.4 Å². The van der Waals surface area contributed by atoms with Gasteiger partial charge in [-0.3, -0.25) is 9.36 Å². The minimum atomic E-state index is -1.44. The Morgan fingerprint density at radius 2 is 1.93 bits per heavy atom. The van der Waals surface area contributed by atoms with Gasteiger partial charge in [-0.2, -0.15) is 5.26 Å². The van der Waals surface area contributed by atoms with E-state index < -0.39 is 16.1 Å². The van der Waals surface area contributed by atoms with Gasteiger partial charge >= 0.3 is 0 Å². The molecule has 0 N–H and O–H groups in total. The number of nitrogens with zero attached hydrogens (tertiary/aromatic N) is 4. The number of fused-ring (bicyclic) bond motifs is 1. The van der Waals surface area contributed by atoms with E-state index in [1.807, 2.05) is 39.8 Å². The molecule has 1 unspecified atom stereocenters. The third-order valence-electron chi connectivity index (χ3n) is 4.75. The minimum absolute atomic E-state index is 0.211. The Balaban J connectivity index is 2.36. The maximum Gasteiger partial charge on any atom is 0.261 e. The average molecular weight is 421 g/mol. The third-order valence-corrected chi connectivity index (χ3v) is 6.23. The summed E-state index contributed by atoms with van der Waals surface area (Å²) in [5, 5.41) is 9.95. The van der Waals surface area contributed by atoms with Gasteiger partial charge in [-0.05, 0) is 64.4 Å². The van der Waals surface area contributed by atoms with Crippen molar-refractivity contribution in [1.29, 1.82) is 5.26 Å². The van der Waals surface area contributed by atoms with E-state index in [2.05, 4.69) is 10.5 Å². The summed E-state index contributed by atoms with van der Waals surface area (Å²) in [6.45, 7) is 9.26. The Kier molecular flexibility index (Phi) is 5.84. The van der Waals surface area contributed by atoms with E-state index in [0.29, 0.717) is 39.1 Å². The molecule has 0 fully saturated rings. The maximum atomic E-state index is 13.2. The second-order valence-corrected chi connectivity index (χ2v) is 10.1. The van der Waals surface area contributed by atoms with Crippen molar-refractivity contribution in [3.63, 3.8) is 0 Å². The molecule has 1 atom stereocenters. The number of rotatable bonds is 3. The second-order valence-electron chi connectivity index (χ2n) is 8.20. The molecular weight excluding hydrogens is 396 g/mol. The van der Waals surface area contributed by atoms with Crippen LogP contribution in [0.4, 0.5) is 0 Å². The van der Waals surface area contributed by atoms with Crippen LogP contribution in [-0.4, -0.2) is 24.6 Å². The van der Waals surface area contributed by atoms with Crippen molar-refractivity contribution in [1.82, 2.24) is 9.55 Å². The van der Waals surface area contributed by atoms with Crippen molar-refractivity contribution in [2.45, 2.75) is 39.4 Å². The zero-order chi connectivity index (χ0) is 22.2. The number of nitriles is 1. The summed E-state index contributed by atoms with van der Waals surface area (Å²) in [5.41, 5.74) is 3.40. The SMILES string of the molecule is CC(=N[S+]([O-])C(C)(C)C)c1cc(C)cc2c(=O)n(C)c(-c3ccccc3C#N)nc12. The molecule has 0 spiro atoms. The molecule has 0 amide bonds. The molecule has 0 saturated carbocycles. The smallest absolute Gasteiger partial charge is 0.261 e. The Morgan fingerprint density at radius 1 is 1.27 bits per heavy atom. The summed E-state index contributed by atoms with van der Waals surface area (Å²) >= 11 is -1.44. The van der Waals surface area contributed by atoms with Crippen LogP contribution in [0.5, 0.6) is 0 Å². The number of benzene rings is 2. The average Bonchev–Trinajstić information content (AvgIpc) is 2.69.